The Kier molecular flexibility index (Phi) is 39.7. The molecule has 0 spiro atoms. The smallest absolute Gasteiger partial charge is 0.480 e. The zero-order valence-corrected chi connectivity index (χ0v) is 63.9. The van der Waals surface area contributed by atoms with E-state index in [0.717, 1.165) is 4.90 Å². The third kappa shape index (κ3) is 33.8. The first-order valence-electron chi connectivity index (χ1n) is 34.6. The van der Waals surface area contributed by atoms with Crippen molar-refractivity contribution in [2.45, 2.75) is 176 Å². The molecular formula is C65H91F6N17O23P2S. The highest BCUT2D eigenvalue weighted by Crippen LogP contribution is 2.69. The molecule has 1 saturated heterocycles. The molecule has 5 rings (SSSR count). The lowest BCUT2D eigenvalue weighted by atomic mass is 10.0. The van der Waals surface area contributed by atoms with Crippen molar-refractivity contribution in [1.29, 1.82) is 0 Å². The molecule has 4 aromatic rings. The molecule has 5 unspecified atom stereocenters. The van der Waals surface area contributed by atoms with Gasteiger partial charge in [-0.25, -0.2) is 29.1 Å². The third-order valence-electron chi connectivity index (χ3n) is 16.4. The number of aromatic nitrogens is 4. The molecule has 49 heteroatoms. The number of amidine groups is 1. The number of hydrogen-bond donors (Lipinski definition) is 19. The zero-order chi connectivity index (χ0) is 86.1. The van der Waals surface area contributed by atoms with E-state index in [0.29, 0.717) is 61.2 Å². The highest BCUT2D eigenvalue weighted by atomic mass is 32.2. The molecule has 0 radical (unpaired) electrons. The Morgan fingerprint density at radius 3 is 1.82 bits per heavy atom. The van der Waals surface area contributed by atoms with E-state index in [9.17, 15) is 118 Å². The summed E-state index contributed by atoms with van der Waals surface area (Å²) < 4.78 is 86.6. The van der Waals surface area contributed by atoms with Crippen LogP contribution in [0.4, 0.5) is 43.8 Å². The van der Waals surface area contributed by atoms with Gasteiger partial charge < -0.3 is 105 Å². The first-order valence-corrected chi connectivity index (χ1v) is 38.9. The molecule has 3 heterocycles. The Hall–Kier alpha value is -10.3. The molecular weight excluding hydrogens is 1590 g/mol. The molecule has 40 nitrogen and oxygen atoms in total. The van der Waals surface area contributed by atoms with Gasteiger partial charge in [0.15, 0.2) is 17.0 Å². The van der Waals surface area contributed by atoms with E-state index in [1.165, 1.54) is 37.0 Å². The van der Waals surface area contributed by atoms with Crippen LogP contribution in [0.25, 0.3) is 11.2 Å². The van der Waals surface area contributed by atoms with Gasteiger partial charge in [0.2, 0.25) is 47.3 Å². The highest BCUT2D eigenvalue weighted by Gasteiger charge is 2.59. The highest BCUT2D eigenvalue weighted by molar-refractivity contribution is 8.00. The molecule has 1 fully saturated rings. The number of benzene rings is 2. The lowest BCUT2D eigenvalue weighted by Crippen LogP contribution is -2.58. The average Bonchev–Trinajstić information content (AvgIpc) is 0.943. The van der Waals surface area contributed by atoms with Crippen molar-refractivity contribution in [3.8, 4) is 0 Å². The number of alkyl halides is 6. The van der Waals surface area contributed by atoms with Crippen molar-refractivity contribution in [3.05, 3.63) is 77.6 Å². The lowest BCUT2D eigenvalue weighted by molar-refractivity contribution is -0.193. The van der Waals surface area contributed by atoms with Gasteiger partial charge in [-0.3, -0.25) is 57.4 Å². The Labute approximate surface area is 649 Å². The second-order valence-electron chi connectivity index (χ2n) is 25.4. The molecule has 1 aliphatic heterocycles. The molecule has 0 aliphatic carbocycles. The maximum atomic E-state index is 14.1. The second-order valence-corrected chi connectivity index (χ2v) is 30.7. The van der Waals surface area contributed by atoms with Crippen LogP contribution in [-0.4, -0.2) is 239 Å². The number of nitrogens with one attached hydrogen (secondary N) is 6. The maximum Gasteiger partial charge on any atom is 0.490 e. The number of aliphatic carboxylic acids is 4. The number of nitrogen functional groups attached to an aromatic ring is 2. The van der Waals surface area contributed by atoms with Crippen LogP contribution in [0.2, 0.25) is 0 Å². The average molecular weight is 1690 g/mol. The van der Waals surface area contributed by atoms with E-state index < -0.39 is 146 Å². The Morgan fingerprint density at radius 1 is 0.675 bits per heavy atom. The van der Waals surface area contributed by atoms with Crippen LogP contribution in [0.5, 0.6) is 0 Å². The van der Waals surface area contributed by atoms with Crippen molar-refractivity contribution >= 4 is 133 Å². The number of nitrogens with two attached hydrogens (primary N) is 4. The molecule has 0 saturated carbocycles. The minimum absolute atomic E-state index is 0.0285. The number of likely N-dealkylation sites (tertiary alicyclic amines) is 1. The fourth-order valence-corrected chi connectivity index (χ4v) is 13.5. The van der Waals surface area contributed by atoms with Gasteiger partial charge in [-0.05, 0) is 113 Å². The number of carbonyl (C=O) groups excluding carboxylic acids is 8. The number of carbonyl (C=O) groups is 12. The first kappa shape index (κ1) is 97.9. The standard InChI is InChI=1S/C61H89N17O19P2S.2C2HF3O2/c1-36(69-48(80)19-7-4-12-30-78-49(81)33-45(57(78)86)100-31-13-18-46(63)66-29-26-61(91,98(92,93)94)99(95,96)97)53(82)74-44(32-37-14-5-3-6-15-37)56(85)71-41(16-8-10-27-62)55(84)73-42(58(87)88)17-9-11-28-67-47(79)25-24-43(59(89)90)72-54(83)38-20-22-40(23-21-38)77(2)35-39-34-68-52-50(70-39)51(64)75-60(65)76-52;2*3-2(4,5)1(6)7/h3,5-6,14-15,20-23,34,36,41-45,91H,4,7-13,16-19,24-33,35,62H2,1-2H3,(H2,63,66)(H,67,79)(H,69,80)(H,71,85)(H,72,83)(H,73,84)(H,74,82)(H,87,88)(H,89,90)(H2,92,93,94)(H2,95,96,97)(H4,64,65,68,75,76);2*(H,6,7)/t36?,41?,42?,43-,44?,45?;;/m0../s1. The first-order chi connectivity index (χ1) is 53.1. The molecule has 23 N–H and O–H groups in total. The normalized spacial score (nSPS) is 14.6. The van der Waals surface area contributed by atoms with Crippen molar-refractivity contribution < 1.29 is 138 Å². The number of carboxylic acids is 4. The zero-order valence-electron chi connectivity index (χ0n) is 61.3. The monoisotopic (exact) mass is 1690 g/mol. The summed E-state index contributed by atoms with van der Waals surface area (Å²) in [5, 5.41) is 55.5. The van der Waals surface area contributed by atoms with Crippen molar-refractivity contribution in [2.24, 2.45) is 16.5 Å². The molecule has 1 aliphatic rings. The number of halogens is 6. The van der Waals surface area contributed by atoms with Gasteiger partial charge in [-0.15, -0.1) is 11.8 Å². The van der Waals surface area contributed by atoms with E-state index in [1.807, 2.05) is 4.90 Å². The van der Waals surface area contributed by atoms with Crippen LogP contribution in [0.3, 0.4) is 0 Å². The van der Waals surface area contributed by atoms with Crippen LogP contribution in [0.15, 0.2) is 65.8 Å². The summed E-state index contributed by atoms with van der Waals surface area (Å²) in [5.41, 5.74) is 25.7. The number of aliphatic imine (C=N–C) groups is 1. The number of anilines is 3. The Bertz CT molecular complexity index is 4070. The van der Waals surface area contributed by atoms with Gasteiger partial charge in [0.25, 0.3) is 11.0 Å². The topological polar surface area (TPSA) is 668 Å². The van der Waals surface area contributed by atoms with Gasteiger partial charge in [0, 0.05) is 76.5 Å². The Balaban J connectivity index is 0.00000219. The molecule has 0 bridgehead atoms. The number of fused-ring (bicyclic) bond motifs is 1. The van der Waals surface area contributed by atoms with Crippen molar-refractivity contribution in [3.63, 3.8) is 0 Å². The lowest BCUT2D eigenvalue weighted by Gasteiger charge is -2.28. The summed E-state index contributed by atoms with van der Waals surface area (Å²) in [6, 6.07) is 8.39. The quantitative estimate of drug-likeness (QED) is 0.00736. The number of thioether (sulfide) groups is 1. The number of nitrogens with zero attached hydrogens (tertiary/aromatic N) is 7. The van der Waals surface area contributed by atoms with Crippen LogP contribution < -0.4 is 59.7 Å². The SMILES string of the molecule is CC(NC(=O)CCCCCN1C(=O)CC(SCCCC(N)=NCCC(O)(P(=O)(O)O)P(=O)(O)O)C1=O)C(=O)NC(Cc1ccccc1)C(=O)NC(CCCCN)C(=O)NC(CCCCNC(=O)CC[C@H](NC(=O)c1ccc(N(C)Cc2cnc3nc(N)nc(N)c3n2)cc1)C(=O)O)C(=O)O.O=C(O)C(F)(F)F.O=C(O)C(F)(F)F. The molecule has 632 valence electrons. The van der Waals surface area contributed by atoms with Crippen molar-refractivity contribution in [1.82, 2.24) is 56.7 Å². The summed E-state index contributed by atoms with van der Waals surface area (Å²) in [5.74, 6) is -12.7. The predicted octanol–water partition coefficient (Wildman–Crippen LogP) is 1.10. The minimum Gasteiger partial charge on any atom is -0.480 e. The van der Waals surface area contributed by atoms with Gasteiger partial charge in [-0.2, -0.15) is 36.3 Å². The van der Waals surface area contributed by atoms with E-state index >= 15 is 0 Å². The van der Waals surface area contributed by atoms with E-state index in [-0.39, 0.29) is 131 Å². The summed E-state index contributed by atoms with van der Waals surface area (Å²) in [7, 11) is -9.51. The van der Waals surface area contributed by atoms with E-state index in [1.54, 1.807) is 49.5 Å². The number of hydrogen-bond acceptors (Lipinski definition) is 25. The fraction of sp³-hybridized carbons (Fsp3) is 0.523. The minimum atomic E-state index is -5.65. The fourth-order valence-electron chi connectivity index (χ4n) is 10.2. The molecule has 2 aromatic carbocycles. The summed E-state index contributed by atoms with van der Waals surface area (Å²) in [6.07, 6.45) is -7.56. The molecule has 114 heavy (non-hydrogen) atoms. The van der Waals surface area contributed by atoms with E-state index in [2.05, 4.69) is 56.8 Å². The van der Waals surface area contributed by atoms with E-state index in [4.69, 9.17) is 42.7 Å². The number of aliphatic hydroxyl groups is 1. The summed E-state index contributed by atoms with van der Waals surface area (Å²) >= 11 is 1.21. The number of unbranched alkanes of at least 4 members (excludes halogenated alkanes) is 4. The van der Waals surface area contributed by atoms with Gasteiger partial charge in [0.05, 0.1) is 29.5 Å². The van der Waals surface area contributed by atoms with Gasteiger partial charge in [0.1, 0.15) is 30.2 Å². The van der Waals surface area contributed by atoms with Crippen LogP contribution >= 0.6 is 27.0 Å². The molecule has 6 atom stereocenters. The largest absolute Gasteiger partial charge is 0.490 e. The number of carboxylic acid groups (broad SMARTS) is 4. The number of imide groups is 1. The number of rotatable bonds is 44. The van der Waals surface area contributed by atoms with Gasteiger partial charge >= 0.3 is 51.4 Å². The second kappa shape index (κ2) is 46.2. The maximum absolute atomic E-state index is 14.1. The van der Waals surface area contributed by atoms with Crippen LogP contribution in [0, 0.1) is 0 Å². The van der Waals surface area contributed by atoms with Gasteiger partial charge in [-0.1, -0.05) is 36.8 Å². The van der Waals surface area contributed by atoms with Crippen molar-refractivity contribution in [2.75, 3.05) is 55.3 Å². The summed E-state index contributed by atoms with van der Waals surface area (Å²) in [6.45, 7) is 1.52. The number of amides is 8. The molecule has 2 aromatic heterocycles. The summed E-state index contributed by atoms with van der Waals surface area (Å²) in [4.78, 5) is 210. The third-order valence-corrected chi connectivity index (χ3v) is 21.6. The molecule has 8 amide bonds. The Morgan fingerprint density at radius 2 is 1.24 bits per heavy atom. The van der Waals surface area contributed by atoms with Crippen LogP contribution in [0.1, 0.15) is 131 Å². The van der Waals surface area contributed by atoms with Crippen LogP contribution in [-0.2, 0) is 74.8 Å². The predicted molar refractivity (Wildman–Crippen MR) is 394 cm³/mol.